The summed E-state index contributed by atoms with van der Waals surface area (Å²) in [6, 6.07) is 6.11. The van der Waals surface area contributed by atoms with E-state index in [-0.39, 0.29) is 17.9 Å². The number of carbonyl (C=O) groups excluding carboxylic acids is 2. The molecule has 2 heterocycles. The Morgan fingerprint density at radius 2 is 1.75 bits per heavy atom. The molecular weight excluding hydrogens is 350 g/mol. The fraction of sp³-hybridized carbons (Fsp3) is 0.565. The van der Waals surface area contributed by atoms with Crippen molar-refractivity contribution in [3.8, 4) is 0 Å². The van der Waals surface area contributed by atoms with Gasteiger partial charge in [-0.1, -0.05) is 36.8 Å². The molecule has 3 rings (SSSR count). The normalized spacial score (nSPS) is 21.9. The first kappa shape index (κ1) is 20.6. The van der Waals surface area contributed by atoms with Crippen molar-refractivity contribution < 1.29 is 9.59 Å². The van der Waals surface area contributed by atoms with Crippen LogP contribution in [-0.4, -0.2) is 53.8 Å². The van der Waals surface area contributed by atoms with E-state index in [0.29, 0.717) is 12.5 Å². The summed E-state index contributed by atoms with van der Waals surface area (Å²) in [5.74, 6) is 0.338. The number of benzene rings is 1. The van der Waals surface area contributed by atoms with E-state index in [1.54, 1.807) is 0 Å². The van der Waals surface area contributed by atoms with E-state index in [1.807, 2.05) is 9.80 Å². The molecule has 5 nitrogen and oxygen atoms in total. The average molecular weight is 384 g/mol. The lowest BCUT2D eigenvalue weighted by Crippen LogP contribution is -2.52. The van der Waals surface area contributed by atoms with Crippen LogP contribution >= 0.6 is 0 Å². The summed E-state index contributed by atoms with van der Waals surface area (Å²) in [6.45, 7) is 6.97. The highest BCUT2D eigenvalue weighted by atomic mass is 16.2. The summed E-state index contributed by atoms with van der Waals surface area (Å²) in [4.78, 5) is 28.3. The lowest BCUT2D eigenvalue weighted by Gasteiger charge is -2.36. The van der Waals surface area contributed by atoms with Gasteiger partial charge in [0.15, 0.2) is 0 Å². The summed E-state index contributed by atoms with van der Waals surface area (Å²) in [5, 5.41) is 0. The van der Waals surface area contributed by atoms with Crippen LogP contribution in [0.2, 0.25) is 0 Å². The summed E-state index contributed by atoms with van der Waals surface area (Å²) in [7, 11) is 0. The zero-order valence-electron chi connectivity index (χ0n) is 17.2. The lowest BCUT2D eigenvalue weighted by molar-refractivity contribution is -0.136. The molecule has 2 aliphatic heterocycles. The van der Waals surface area contributed by atoms with E-state index in [2.05, 4.69) is 44.2 Å². The van der Waals surface area contributed by atoms with E-state index < -0.39 is 0 Å². The molecule has 2 aliphatic rings. The van der Waals surface area contributed by atoms with Crippen molar-refractivity contribution >= 4 is 17.9 Å². The van der Waals surface area contributed by atoms with Crippen LogP contribution in [0, 0.1) is 19.8 Å². The van der Waals surface area contributed by atoms with Crippen LogP contribution in [0.5, 0.6) is 0 Å². The third-order valence-corrected chi connectivity index (χ3v) is 6.25. The minimum Gasteiger partial charge on any atom is -0.368 e. The Hall–Kier alpha value is -2.14. The molecule has 1 aromatic carbocycles. The van der Waals surface area contributed by atoms with Gasteiger partial charge in [-0.2, -0.15) is 0 Å². The minimum absolute atomic E-state index is 0.130. The first-order valence-electron chi connectivity index (χ1n) is 10.5. The van der Waals surface area contributed by atoms with Gasteiger partial charge in [-0.05, 0) is 68.7 Å². The molecule has 0 aliphatic carbocycles. The molecule has 1 aromatic rings. The number of hydrogen-bond donors (Lipinski definition) is 1. The van der Waals surface area contributed by atoms with Crippen molar-refractivity contribution in [3.05, 3.63) is 41.0 Å². The summed E-state index contributed by atoms with van der Waals surface area (Å²) in [5.41, 5.74) is 9.43. The number of aryl methyl sites for hydroxylation is 2. The topological polar surface area (TPSA) is 66.6 Å². The van der Waals surface area contributed by atoms with E-state index >= 15 is 0 Å². The van der Waals surface area contributed by atoms with E-state index in [1.165, 1.54) is 16.7 Å². The first-order valence-corrected chi connectivity index (χ1v) is 10.5. The number of nitrogens with two attached hydrogens (primary N) is 1. The maximum atomic E-state index is 12.7. The van der Waals surface area contributed by atoms with Gasteiger partial charge < -0.3 is 10.6 Å². The quantitative estimate of drug-likeness (QED) is 0.850. The second kappa shape index (κ2) is 9.37. The van der Waals surface area contributed by atoms with Crippen molar-refractivity contribution in [1.29, 1.82) is 0 Å². The monoisotopic (exact) mass is 383 g/mol. The van der Waals surface area contributed by atoms with Gasteiger partial charge in [0.25, 0.3) is 0 Å². The highest BCUT2D eigenvalue weighted by Crippen LogP contribution is 2.23. The molecule has 2 saturated heterocycles. The van der Waals surface area contributed by atoms with Gasteiger partial charge in [0.05, 0.1) is 12.6 Å². The summed E-state index contributed by atoms with van der Waals surface area (Å²) < 4.78 is 0. The van der Waals surface area contributed by atoms with Gasteiger partial charge in [-0.3, -0.25) is 14.5 Å². The Balaban J connectivity index is 1.51. The Bertz CT molecular complexity index is 715. The Morgan fingerprint density at radius 1 is 1.07 bits per heavy atom. The van der Waals surface area contributed by atoms with Crippen molar-refractivity contribution in [2.24, 2.45) is 11.7 Å². The molecule has 0 saturated carbocycles. The van der Waals surface area contributed by atoms with Crippen LogP contribution in [0.15, 0.2) is 24.3 Å². The van der Waals surface area contributed by atoms with Crippen LogP contribution in [0.1, 0.15) is 48.8 Å². The van der Waals surface area contributed by atoms with E-state index in [0.717, 1.165) is 51.7 Å². The number of hydrogen-bond acceptors (Lipinski definition) is 3. The van der Waals surface area contributed by atoms with Gasteiger partial charge in [-0.15, -0.1) is 0 Å². The Kier molecular flexibility index (Phi) is 6.89. The smallest absolute Gasteiger partial charge is 0.236 e. The first-order chi connectivity index (χ1) is 13.5. The van der Waals surface area contributed by atoms with Gasteiger partial charge in [-0.25, -0.2) is 0 Å². The lowest BCUT2D eigenvalue weighted by atomic mass is 9.94. The predicted molar refractivity (Wildman–Crippen MR) is 113 cm³/mol. The maximum absolute atomic E-state index is 12.7. The molecule has 5 heteroatoms. The van der Waals surface area contributed by atoms with Gasteiger partial charge >= 0.3 is 0 Å². The van der Waals surface area contributed by atoms with Gasteiger partial charge in [0.1, 0.15) is 0 Å². The Labute approximate surface area is 168 Å². The van der Waals surface area contributed by atoms with Crippen molar-refractivity contribution in [2.75, 3.05) is 26.2 Å². The maximum Gasteiger partial charge on any atom is 0.236 e. The number of allylic oxidation sites excluding steroid dienone is 1. The van der Waals surface area contributed by atoms with Crippen molar-refractivity contribution in [2.45, 2.75) is 52.0 Å². The number of primary amides is 1. The zero-order chi connectivity index (χ0) is 20.1. The van der Waals surface area contributed by atoms with Gasteiger partial charge in [0, 0.05) is 13.1 Å². The minimum atomic E-state index is -0.303. The van der Waals surface area contributed by atoms with Crippen LogP contribution in [0.3, 0.4) is 0 Å². The largest absolute Gasteiger partial charge is 0.368 e. The van der Waals surface area contributed by atoms with Crippen LogP contribution in [-0.2, 0) is 9.59 Å². The molecule has 28 heavy (non-hydrogen) atoms. The zero-order valence-corrected chi connectivity index (χ0v) is 17.2. The predicted octanol–water partition coefficient (Wildman–Crippen LogP) is 2.90. The molecule has 2 N–H and O–H groups in total. The molecule has 152 valence electrons. The van der Waals surface area contributed by atoms with Crippen molar-refractivity contribution in [3.63, 3.8) is 0 Å². The van der Waals surface area contributed by atoms with Crippen LogP contribution in [0.4, 0.5) is 0 Å². The molecule has 0 radical (unpaired) electrons. The third kappa shape index (κ3) is 5.02. The molecule has 0 unspecified atom stereocenters. The van der Waals surface area contributed by atoms with E-state index in [4.69, 9.17) is 5.73 Å². The number of likely N-dealkylation sites (tertiary alicyclic amines) is 2. The molecule has 0 spiro atoms. The summed E-state index contributed by atoms with van der Waals surface area (Å²) in [6.07, 6.45) is 9.36. The number of rotatable bonds is 5. The number of carbonyl (C=O) groups is 2. The molecule has 0 aromatic heterocycles. The number of amides is 2. The van der Waals surface area contributed by atoms with E-state index in [9.17, 15) is 9.59 Å². The molecule has 0 bridgehead atoms. The van der Waals surface area contributed by atoms with Crippen molar-refractivity contribution in [1.82, 2.24) is 9.80 Å². The van der Waals surface area contributed by atoms with Crippen LogP contribution < -0.4 is 5.73 Å². The average Bonchev–Trinajstić information content (AvgIpc) is 2.68. The summed E-state index contributed by atoms with van der Waals surface area (Å²) >= 11 is 0. The fourth-order valence-electron chi connectivity index (χ4n) is 4.44. The molecule has 1 atom stereocenters. The SMILES string of the molecule is Cc1cccc(C)c1C=CC1CCN(C(=O)CN2CCCC[C@@H]2C(N)=O)CC1. The molecule has 2 amide bonds. The Morgan fingerprint density at radius 3 is 2.39 bits per heavy atom. The molecule has 2 fully saturated rings. The molecular formula is C23H33N3O2. The fourth-order valence-corrected chi connectivity index (χ4v) is 4.44. The highest BCUT2D eigenvalue weighted by molar-refractivity contribution is 5.82. The number of piperidine rings is 2. The standard InChI is InChI=1S/C23H33N3O2/c1-17-6-5-7-18(2)20(17)10-9-19-11-14-25(15-12-19)22(27)16-26-13-4-3-8-21(26)23(24)28/h5-7,9-10,19,21H,3-4,8,11-16H2,1-2H3,(H2,24,28)/t21-/m1/s1. The third-order valence-electron chi connectivity index (χ3n) is 6.25. The second-order valence-corrected chi connectivity index (χ2v) is 8.27. The van der Waals surface area contributed by atoms with Crippen LogP contribution in [0.25, 0.3) is 6.08 Å². The highest BCUT2D eigenvalue weighted by Gasteiger charge is 2.30. The van der Waals surface area contributed by atoms with Gasteiger partial charge in [0.2, 0.25) is 11.8 Å². The number of nitrogens with zero attached hydrogens (tertiary/aromatic N) is 2. The second-order valence-electron chi connectivity index (χ2n) is 8.27.